The molecule has 0 radical (unpaired) electrons. The van der Waals surface area contributed by atoms with E-state index in [9.17, 15) is 9.18 Å². The number of carbonyl (C=O) groups is 1. The Morgan fingerprint density at radius 2 is 2.04 bits per heavy atom. The van der Waals surface area contributed by atoms with Crippen molar-refractivity contribution in [1.29, 1.82) is 0 Å². The Morgan fingerprint density at radius 1 is 1.20 bits per heavy atom. The highest BCUT2D eigenvalue weighted by Crippen LogP contribution is 2.41. The standard InChI is InChI=1S/C34H33ClFN7O2/c1-3-29(44)43-14-13-41(20-25(43)18-37-2)32-31-28(39-33(40-32)45-21-34-11-6-12-42(34)19-24(36)16-34)15-23(17-38-31)26-9-4-7-22-8-5-10-27(35)30(22)26/h3-5,7-10,15,17,24-25H,1,6,11-14,16,18-21H2/t24-,25+,34?/m1/s1. The Balaban J connectivity index is 1.30. The molecule has 9 nitrogen and oxygen atoms in total. The van der Waals surface area contributed by atoms with Gasteiger partial charge in [-0.2, -0.15) is 9.97 Å². The number of carbonyl (C=O) groups excluding carboxylic acids is 1. The molecule has 0 N–H and O–H groups in total. The van der Waals surface area contributed by atoms with Gasteiger partial charge in [0.2, 0.25) is 12.5 Å². The number of pyridine rings is 1. The maximum absolute atomic E-state index is 14.5. The molecule has 2 aromatic carbocycles. The summed E-state index contributed by atoms with van der Waals surface area (Å²) in [6.07, 6.45) is 4.55. The van der Waals surface area contributed by atoms with E-state index in [1.807, 2.05) is 47.4 Å². The van der Waals surface area contributed by atoms with Crippen molar-refractivity contribution in [2.24, 2.45) is 0 Å². The first-order valence-electron chi connectivity index (χ1n) is 15.3. The number of ether oxygens (including phenoxy) is 1. The van der Waals surface area contributed by atoms with E-state index in [0.29, 0.717) is 61.1 Å². The zero-order valence-corrected chi connectivity index (χ0v) is 25.6. The highest BCUT2D eigenvalue weighted by Gasteiger charge is 2.49. The lowest BCUT2D eigenvalue weighted by Crippen LogP contribution is -2.56. The van der Waals surface area contributed by atoms with Crippen LogP contribution in [0.1, 0.15) is 19.3 Å². The van der Waals surface area contributed by atoms with Gasteiger partial charge in [0.05, 0.1) is 11.1 Å². The number of aromatic nitrogens is 3. The Morgan fingerprint density at radius 3 is 2.87 bits per heavy atom. The van der Waals surface area contributed by atoms with Crippen LogP contribution in [0.15, 0.2) is 61.3 Å². The predicted molar refractivity (Wildman–Crippen MR) is 173 cm³/mol. The lowest BCUT2D eigenvalue weighted by Gasteiger charge is -2.39. The van der Waals surface area contributed by atoms with Crippen molar-refractivity contribution < 1.29 is 13.9 Å². The third-order valence-corrected chi connectivity index (χ3v) is 9.75. The molecule has 0 spiro atoms. The van der Waals surface area contributed by atoms with Gasteiger partial charge in [-0.1, -0.05) is 48.5 Å². The van der Waals surface area contributed by atoms with Crippen LogP contribution in [0.5, 0.6) is 6.01 Å². The Labute approximate surface area is 266 Å². The smallest absolute Gasteiger partial charge is 0.319 e. The van der Waals surface area contributed by atoms with Gasteiger partial charge in [-0.3, -0.25) is 14.7 Å². The van der Waals surface area contributed by atoms with Crippen molar-refractivity contribution >= 4 is 45.1 Å². The first kappa shape index (κ1) is 29.4. The molecule has 0 aliphatic carbocycles. The molecule has 5 heterocycles. The van der Waals surface area contributed by atoms with E-state index in [4.69, 9.17) is 37.9 Å². The molecule has 3 aliphatic heterocycles. The number of anilines is 1. The number of piperazine rings is 1. The summed E-state index contributed by atoms with van der Waals surface area (Å²) in [6, 6.07) is 13.7. The van der Waals surface area contributed by atoms with Crippen LogP contribution in [0.3, 0.4) is 0 Å². The highest BCUT2D eigenvalue weighted by atomic mass is 35.5. The van der Waals surface area contributed by atoms with Crippen LogP contribution in [0, 0.1) is 6.57 Å². The van der Waals surface area contributed by atoms with E-state index in [1.165, 1.54) is 6.08 Å². The average molecular weight is 626 g/mol. The van der Waals surface area contributed by atoms with Gasteiger partial charge in [0.1, 0.15) is 24.3 Å². The van der Waals surface area contributed by atoms with Crippen LogP contribution in [-0.4, -0.2) is 94.3 Å². The number of hydrogen-bond acceptors (Lipinski definition) is 7. The third-order valence-electron chi connectivity index (χ3n) is 9.43. The largest absolute Gasteiger partial charge is 0.461 e. The Kier molecular flexibility index (Phi) is 7.76. The fraction of sp³-hybridized carbons (Fsp3) is 0.382. The molecule has 3 fully saturated rings. The summed E-state index contributed by atoms with van der Waals surface area (Å²) in [5, 5.41) is 2.60. The molecule has 0 saturated carbocycles. The van der Waals surface area contributed by atoms with Crippen molar-refractivity contribution in [3.8, 4) is 17.1 Å². The second-order valence-electron chi connectivity index (χ2n) is 12.1. The number of hydrogen-bond donors (Lipinski definition) is 0. The lowest BCUT2D eigenvalue weighted by molar-refractivity contribution is -0.128. The van der Waals surface area contributed by atoms with Crippen LogP contribution in [0.2, 0.25) is 5.02 Å². The second-order valence-corrected chi connectivity index (χ2v) is 12.5. The average Bonchev–Trinajstić information content (AvgIpc) is 3.58. The van der Waals surface area contributed by atoms with Gasteiger partial charge >= 0.3 is 6.01 Å². The minimum absolute atomic E-state index is 0.157. The quantitative estimate of drug-likeness (QED) is 0.196. The molecule has 45 heavy (non-hydrogen) atoms. The van der Waals surface area contributed by atoms with Crippen molar-refractivity contribution in [3.63, 3.8) is 0 Å². The van der Waals surface area contributed by atoms with Crippen LogP contribution in [-0.2, 0) is 4.79 Å². The van der Waals surface area contributed by atoms with Gasteiger partial charge in [0, 0.05) is 54.8 Å². The molecule has 11 heteroatoms. The molecule has 3 saturated heterocycles. The Hall–Kier alpha value is -4.33. The normalized spacial score (nSPS) is 23.3. The zero-order chi connectivity index (χ0) is 31.1. The van der Waals surface area contributed by atoms with Crippen molar-refractivity contribution in [3.05, 3.63) is 77.8 Å². The summed E-state index contributed by atoms with van der Waals surface area (Å²) >= 11 is 6.67. The number of amides is 1. The first-order valence-corrected chi connectivity index (χ1v) is 15.7. The molecule has 4 aromatic rings. The topological polar surface area (TPSA) is 79.1 Å². The van der Waals surface area contributed by atoms with Crippen molar-refractivity contribution in [1.82, 2.24) is 24.8 Å². The monoisotopic (exact) mass is 625 g/mol. The maximum atomic E-state index is 14.5. The summed E-state index contributed by atoms with van der Waals surface area (Å²) < 4.78 is 20.8. The summed E-state index contributed by atoms with van der Waals surface area (Å²) in [5.41, 5.74) is 2.62. The maximum Gasteiger partial charge on any atom is 0.319 e. The molecule has 3 atom stereocenters. The van der Waals surface area contributed by atoms with Crippen LogP contribution >= 0.6 is 11.6 Å². The fourth-order valence-corrected chi connectivity index (χ4v) is 7.60. The number of alkyl halides is 1. The van der Waals surface area contributed by atoms with Gasteiger partial charge in [0.25, 0.3) is 0 Å². The molecule has 3 aliphatic rings. The number of rotatable bonds is 7. The molecular weight excluding hydrogens is 593 g/mol. The fourth-order valence-electron chi connectivity index (χ4n) is 7.31. The van der Waals surface area contributed by atoms with Gasteiger partial charge < -0.3 is 19.4 Å². The SMILES string of the molecule is [C-]#[N+]C[C@H]1CN(c2nc(OCC34CCCN3C[C@H](F)C4)nc3cc(-c4cccc5cccc(Cl)c45)cnc23)CCN1C(=O)C=C. The molecular formula is C34H33ClFN7O2. The predicted octanol–water partition coefficient (Wildman–Crippen LogP) is 5.58. The zero-order valence-electron chi connectivity index (χ0n) is 24.8. The minimum atomic E-state index is -0.866. The summed E-state index contributed by atoms with van der Waals surface area (Å²) in [4.78, 5) is 36.7. The molecule has 1 unspecified atom stereocenters. The van der Waals surface area contributed by atoms with E-state index in [1.54, 1.807) is 11.1 Å². The lowest BCUT2D eigenvalue weighted by atomic mass is 9.95. The second kappa shape index (κ2) is 11.9. The van der Waals surface area contributed by atoms with Crippen LogP contribution < -0.4 is 9.64 Å². The van der Waals surface area contributed by atoms with Crippen LogP contribution in [0.25, 0.3) is 37.8 Å². The number of halogens is 2. The molecule has 1 amide bonds. The minimum Gasteiger partial charge on any atom is -0.461 e. The molecule has 7 rings (SSSR count). The summed E-state index contributed by atoms with van der Waals surface area (Å²) in [6.45, 7) is 14.2. The number of nitrogens with zero attached hydrogens (tertiary/aromatic N) is 7. The van der Waals surface area contributed by atoms with E-state index < -0.39 is 6.17 Å². The van der Waals surface area contributed by atoms with E-state index in [0.717, 1.165) is 41.3 Å². The first-order chi connectivity index (χ1) is 21.9. The molecule has 2 aromatic heterocycles. The Bertz CT molecular complexity index is 1840. The molecule has 230 valence electrons. The van der Waals surface area contributed by atoms with Gasteiger partial charge in [-0.25, -0.2) is 11.0 Å². The van der Waals surface area contributed by atoms with Gasteiger partial charge in [0.15, 0.2) is 5.82 Å². The number of fused-ring (bicyclic) bond motifs is 3. The summed E-state index contributed by atoms with van der Waals surface area (Å²) in [5.74, 6) is 0.383. The summed E-state index contributed by atoms with van der Waals surface area (Å²) in [7, 11) is 0. The number of benzene rings is 2. The third kappa shape index (κ3) is 5.34. The van der Waals surface area contributed by atoms with Gasteiger partial charge in [-0.15, -0.1) is 0 Å². The highest BCUT2D eigenvalue weighted by molar-refractivity contribution is 6.36. The van der Waals surface area contributed by atoms with Gasteiger partial charge in [-0.05, 0) is 48.5 Å². The molecule has 0 bridgehead atoms. The van der Waals surface area contributed by atoms with Crippen molar-refractivity contribution in [2.75, 3.05) is 50.8 Å². The van der Waals surface area contributed by atoms with E-state index in [2.05, 4.69) is 16.3 Å². The van der Waals surface area contributed by atoms with Crippen LogP contribution in [0.4, 0.5) is 10.2 Å². The van der Waals surface area contributed by atoms with E-state index in [-0.39, 0.29) is 30.0 Å². The van der Waals surface area contributed by atoms with E-state index >= 15 is 0 Å². The van der Waals surface area contributed by atoms with Crippen molar-refractivity contribution in [2.45, 2.75) is 37.0 Å².